The van der Waals surface area contributed by atoms with Crippen LogP contribution in [0.4, 0.5) is 0 Å². The largest absolute Gasteiger partial charge is 0.494 e. The van der Waals surface area contributed by atoms with Crippen LogP contribution in [0.3, 0.4) is 0 Å². The van der Waals surface area contributed by atoms with Crippen LogP contribution < -0.4 is 10.1 Å². The third-order valence-corrected chi connectivity index (χ3v) is 7.19. The van der Waals surface area contributed by atoms with Crippen LogP contribution in [0.1, 0.15) is 74.0 Å². The highest BCUT2D eigenvalue weighted by molar-refractivity contribution is 6.04. The first-order valence-electron chi connectivity index (χ1n) is 12.6. The number of likely N-dealkylation sites (tertiary alicyclic amines) is 1. The predicted octanol–water partition coefficient (Wildman–Crippen LogP) is 4.55. The van der Waals surface area contributed by atoms with Gasteiger partial charge < -0.3 is 15.0 Å². The van der Waals surface area contributed by atoms with Crippen molar-refractivity contribution in [2.45, 2.75) is 71.1 Å². The highest BCUT2D eigenvalue weighted by Gasteiger charge is 2.41. The monoisotopic (exact) mass is 463 g/mol. The van der Waals surface area contributed by atoms with E-state index in [2.05, 4.69) is 24.1 Å². The van der Waals surface area contributed by atoms with Crippen LogP contribution in [-0.2, 0) is 11.3 Å². The molecule has 1 fully saturated rings. The summed E-state index contributed by atoms with van der Waals surface area (Å²) in [7, 11) is 0. The van der Waals surface area contributed by atoms with Crippen molar-refractivity contribution < 1.29 is 14.3 Å². The number of piperidine rings is 1. The normalized spacial score (nSPS) is 22.5. The number of nitrogens with zero attached hydrogens (tertiary/aromatic N) is 2. The Labute approximate surface area is 203 Å². The fourth-order valence-electron chi connectivity index (χ4n) is 5.42. The summed E-state index contributed by atoms with van der Waals surface area (Å²) in [5, 5.41) is 3.12. The van der Waals surface area contributed by atoms with Gasteiger partial charge in [-0.3, -0.25) is 14.5 Å². The van der Waals surface area contributed by atoms with Gasteiger partial charge in [0.1, 0.15) is 11.8 Å². The van der Waals surface area contributed by atoms with E-state index in [1.807, 2.05) is 55.5 Å². The van der Waals surface area contributed by atoms with Gasteiger partial charge in [0, 0.05) is 36.3 Å². The minimum atomic E-state index is -0.633. The average molecular weight is 464 g/mol. The molecule has 0 unspecified atom stereocenters. The van der Waals surface area contributed by atoms with E-state index < -0.39 is 6.04 Å². The number of benzene rings is 2. The van der Waals surface area contributed by atoms with Gasteiger partial charge in [-0.25, -0.2) is 0 Å². The van der Waals surface area contributed by atoms with E-state index in [-0.39, 0.29) is 11.8 Å². The summed E-state index contributed by atoms with van der Waals surface area (Å²) in [6, 6.07) is 15.7. The first-order chi connectivity index (χ1) is 16.5. The van der Waals surface area contributed by atoms with Crippen molar-refractivity contribution in [2.24, 2.45) is 0 Å². The van der Waals surface area contributed by atoms with Gasteiger partial charge in [0.05, 0.1) is 13.2 Å². The molecule has 0 saturated carbocycles. The number of ether oxygens (including phenoxy) is 1. The molecule has 0 spiro atoms. The maximum atomic E-state index is 13.4. The SMILES string of the molecule is CCOc1ccccc1CN1C(=O)c2ccccc2[C@H]1C(=O)NCCCN1[C@H](C)CCC[C@@H]1C. The van der Waals surface area contributed by atoms with Gasteiger partial charge >= 0.3 is 0 Å². The summed E-state index contributed by atoms with van der Waals surface area (Å²) in [5.74, 6) is 0.516. The van der Waals surface area contributed by atoms with E-state index in [0.29, 0.717) is 37.3 Å². The molecule has 2 aliphatic heterocycles. The van der Waals surface area contributed by atoms with Crippen LogP contribution in [-0.4, -0.2) is 53.4 Å². The van der Waals surface area contributed by atoms with E-state index in [1.165, 1.54) is 19.3 Å². The van der Waals surface area contributed by atoms with Gasteiger partial charge in [-0.15, -0.1) is 0 Å². The van der Waals surface area contributed by atoms with Gasteiger partial charge in [0.2, 0.25) is 5.91 Å². The molecule has 6 nitrogen and oxygen atoms in total. The summed E-state index contributed by atoms with van der Waals surface area (Å²) < 4.78 is 5.77. The van der Waals surface area contributed by atoms with Gasteiger partial charge in [0.25, 0.3) is 5.91 Å². The Morgan fingerprint density at radius 3 is 2.53 bits per heavy atom. The lowest BCUT2D eigenvalue weighted by molar-refractivity contribution is -0.125. The first kappa shape index (κ1) is 24.3. The van der Waals surface area contributed by atoms with E-state index in [1.54, 1.807) is 4.90 Å². The number of fused-ring (bicyclic) bond motifs is 1. The smallest absolute Gasteiger partial charge is 0.255 e. The topological polar surface area (TPSA) is 61.9 Å². The van der Waals surface area contributed by atoms with Crippen molar-refractivity contribution in [2.75, 3.05) is 19.7 Å². The molecule has 3 atom stereocenters. The molecule has 0 aromatic heterocycles. The molecule has 2 heterocycles. The maximum absolute atomic E-state index is 13.4. The zero-order chi connectivity index (χ0) is 24.1. The van der Waals surface area contributed by atoms with Crippen LogP contribution >= 0.6 is 0 Å². The zero-order valence-corrected chi connectivity index (χ0v) is 20.6. The Balaban J connectivity index is 1.45. The number of hydrogen-bond donors (Lipinski definition) is 1. The number of hydrogen-bond acceptors (Lipinski definition) is 4. The molecule has 1 saturated heterocycles. The molecule has 2 aromatic rings. The number of carbonyl (C=O) groups is 2. The van der Waals surface area contributed by atoms with Gasteiger partial charge in [-0.2, -0.15) is 0 Å². The summed E-state index contributed by atoms with van der Waals surface area (Å²) in [4.78, 5) is 30.9. The minimum Gasteiger partial charge on any atom is -0.494 e. The summed E-state index contributed by atoms with van der Waals surface area (Å²) in [6.45, 7) is 8.99. The van der Waals surface area contributed by atoms with Crippen LogP contribution in [0.5, 0.6) is 5.75 Å². The van der Waals surface area contributed by atoms with E-state index >= 15 is 0 Å². The lowest BCUT2D eigenvalue weighted by Gasteiger charge is -2.39. The fourth-order valence-corrected chi connectivity index (χ4v) is 5.42. The maximum Gasteiger partial charge on any atom is 0.255 e. The van der Waals surface area contributed by atoms with Crippen molar-refractivity contribution in [1.82, 2.24) is 15.1 Å². The molecular weight excluding hydrogens is 426 g/mol. The number of nitrogens with one attached hydrogen (secondary N) is 1. The van der Waals surface area contributed by atoms with Crippen molar-refractivity contribution in [1.29, 1.82) is 0 Å². The Hall–Kier alpha value is -2.86. The molecule has 0 aliphatic carbocycles. The number of carbonyl (C=O) groups excluding carboxylic acids is 2. The number of rotatable bonds is 9. The minimum absolute atomic E-state index is 0.113. The van der Waals surface area contributed by atoms with Crippen LogP contribution in [0, 0.1) is 0 Å². The molecule has 0 bridgehead atoms. The Morgan fingerprint density at radius 1 is 1.06 bits per heavy atom. The molecule has 2 aromatic carbocycles. The number of para-hydroxylation sites is 1. The summed E-state index contributed by atoms with van der Waals surface area (Å²) >= 11 is 0. The predicted molar refractivity (Wildman–Crippen MR) is 134 cm³/mol. The van der Waals surface area contributed by atoms with Crippen molar-refractivity contribution in [3.05, 3.63) is 65.2 Å². The molecule has 4 rings (SSSR count). The van der Waals surface area contributed by atoms with Crippen molar-refractivity contribution in [3.63, 3.8) is 0 Å². The zero-order valence-electron chi connectivity index (χ0n) is 20.6. The third-order valence-electron chi connectivity index (χ3n) is 7.19. The molecule has 2 amide bonds. The molecule has 6 heteroatoms. The molecular formula is C28H37N3O3. The second-order valence-electron chi connectivity index (χ2n) is 9.47. The van der Waals surface area contributed by atoms with Crippen molar-refractivity contribution in [3.8, 4) is 5.75 Å². The standard InChI is InChI=1S/C28H37N3O3/c1-4-34-25-16-8-5-13-22(25)19-31-26(23-14-6-7-15-24(23)28(31)33)27(32)29-17-10-18-30-20(2)11-9-12-21(30)3/h5-8,13-16,20-21,26H,4,9-12,17-19H2,1-3H3,(H,29,32)/t20-,21+,26-/m0/s1. The molecule has 0 radical (unpaired) electrons. The Morgan fingerprint density at radius 2 is 1.76 bits per heavy atom. The Bertz CT molecular complexity index is 998. The van der Waals surface area contributed by atoms with E-state index in [4.69, 9.17) is 4.74 Å². The first-order valence-corrected chi connectivity index (χ1v) is 12.6. The average Bonchev–Trinajstić information content (AvgIpc) is 3.11. The van der Waals surface area contributed by atoms with E-state index in [9.17, 15) is 9.59 Å². The molecule has 1 N–H and O–H groups in total. The molecule has 34 heavy (non-hydrogen) atoms. The molecule has 2 aliphatic rings. The van der Waals surface area contributed by atoms with Crippen LogP contribution in [0.15, 0.2) is 48.5 Å². The van der Waals surface area contributed by atoms with Gasteiger partial charge in [-0.05, 0) is 57.7 Å². The Kier molecular flexibility index (Phi) is 7.88. The second kappa shape index (κ2) is 11.0. The lowest BCUT2D eigenvalue weighted by Crippen LogP contribution is -2.45. The van der Waals surface area contributed by atoms with E-state index in [0.717, 1.165) is 29.8 Å². The number of amides is 2. The summed E-state index contributed by atoms with van der Waals surface area (Å²) in [6.07, 6.45) is 4.69. The summed E-state index contributed by atoms with van der Waals surface area (Å²) in [5.41, 5.74) is 2.28. The highest BCUT2D eigenvalue weighted by atomic mass is 16.5. The van der Waals surface area contributed by atoms with Crippen LogP contribution in [0.2, 0.25) is 0 Å². The highest BCUT2D eigenvalue weighted by Crippen LogP contribution is 2.36. The van der Waals surface area contributed by atoms with Crippen LogP contribution in [0.25, 0.3) is 0 Å². The second-order valence-corrected chi connectivity index (χ2v) is 9.47. The fraction of sp³-hybridized carbons (Fsp3) is 0.500. The lowest BCUT2D eigenvalue weighted by atomic mass is 9.97. The van der Waals surface area contributed by atoms with Crippen molar-refractivity contribution >= 4 is 11.8 Å². The van der Waals surface area contributed by atoms with Gasteiger partial charge in [0.15, 0.2) is 0 Å². The van der Waals surface area contributed by atoms with Gasteiger partial charge in [-0.1, -0.05) is 42.8 Å². The quantitative estimate of drug-likeness (QED) is 0.554. The molecule has 182 valence electrons. The third kappa shape index (κ3) is 5.12.